The summed E-state index contributed by atoms with van der Waals surface area (Å²) in [7, 11) is -3.84. The molecule has 0 spiro atoms. The number of nitrogens with one attached hydrogen (secondary N) is 2. The van der Waals surface area contributed by atoms with Gasteiger partial charge in [-0.15, -0.1) is 0 Å². The van der Waals surface area contributed by atoms with Crippen LogP contribution in [0.3, 0.4) is 0 Å². The van der Waals surface area contributed by atoms with Gasteiger partial charge >= 0.3 is 0 Å². The summed E-state index contributed by atoms with van der Waals surface area (Å²) in [6, 6.07) is 12.1. The lowest BCUT2D eigenvalue weighted by molar-refractivity contribution is 0.0954. The minimum Gasteiger partial charge on any atom is -0.280 e. The fraction of sp³-hybridized carbons (Fsp3) is 0.300. The Bertz CT molecular complexity index is 955. The number of anilines is 1. The summed E-state index contributed by atoms with van der Waals surface area (Å²) in [6.45, 7) is 6.09. The Labute approximate surface area is 171 Å². The van der Waals surface area contributed by atoms with Gasteiger partial charge in [-0.2, -0.15) is 5.10 Å². The highest BCUT2D eigenvalue weighted by Crippen LogP contribution is 2.19. The van der Waals surface area contributed by atoms with Crippen molar-refractivity contribution >= 4 is 38.9 Å². The van der Waals surface area contributed by atoms with Crippen LogP contribution >= 0.6 is 11.6 Å². The van der Waals surface area contributed by atoms with Crippen LogP contribution < -0.4 is 10.1 Å². The number of halogens is 1. The molecular formula is C20H24ClN3O3S. The number of carbonyl (C=O) groups is 1. The minimum atomic E-state index is -3.84. The quantitative estimate of drug-likeness (QED) is 0.479. The van der Waals surface area contributed by atoms with Gasteiger partial charge in [-0.1, -0.05) is 31.5 Å². The second kappa shape index (κ2) is 9.71. The number of hydrazone groups is 1. The van der Waals surface area contributed by atoms with Crippen LogP contribution in [0, 0.1) is 5.92 Å². The van der Waals surface area contributed by atoms with Gasteiger partial charge < -0.3 is 0 Å². The zero-order valence-electron chi connectivity index (χ0n) is 16.1. The topological polar surface area (TPSA) is 87.6 Å². The first-order valence-electron chi connectivity index (χ1n) is 8.89. The van der Waals surface area contributed by atoms with Gasteiger partial charge in [0, 0.05) is 22.0 Å². The highest BCUT2D eigenvalue weighted by molar-refractivity contribution is 7.92. The molecule has 0 atom stereocenters. The molecule has 6 nitrogen and oxygen atoms in total. The van der Waals surface area contributed by atoms with Crippen molar-refractivity contribution in [2.75, 3.05) is 4.72 Å². The smallest absolute Gasteiger partial charge is 0.271 e. The highest BCUT2D eigenvalue weighted by Gasteiger charge is 2.16. The summed E-state index contributed by atoms with van der Waals surface area (Å²) in [5.41, 5.74) is 3.88. The van der Waals surface area contributed by atoms with Crippen LogP contribution in [0.4, 0.5) is 5.69 Å². The molecule has 0 saturated heterocycles. The average molecular weight is 422 g/mol. The third-order valence-corrected chi connectivity index (χ3v) is 5.57. The fourth-order valence-electron chi connectivity index (χ4n) is 2.30. The lowest BCUT2D eigenvalue weighted by atomic mass is 10.1. The Hall–Kier alpha value is -2.38. The van der Waals surface area contributed by atoms with Crippen molar-refractivity contribution in [3.05, 3.63) is 59.1 Å². The predicted octanol–water partition coefficient (Wildman–Crippen LogP) is 4.68. The summed E-state index contributed by atoms with van der Waals surface area (Å²) in [6.07, 6.45) is 1.77. The minimum absolute atomic E-state index is 0.0180. The maximum absolute atomic E-state index is 12.6. The van der Waals surface area contributed by atoms with E-state index in [0.29, 0.717) is 16.6 Å². The van der Waals surface area contributed by atoms with Crippen molar-refractivity contribution in [1.29, 1.82) is 0 Å². The van der Waals surface area contributed by atoms with Gasteiger partial charge in [0.05, 0.1) is 4.90 Å². The number of hydrogen-bond donors (Lipinski definition) is 2. The van der Waals surface area contributed by atoms with Crippen LogP contribution in [0.25, 0.3) is 0 Å². The van der Waals surface area contributed by atoms with Crippen molar-refractivity contribution in [3.8, 4) is 0 Å². The van der Waals surface area contributed by atoms with Gasteiger partial charge in [-0.25, -0.2) is 13.8 Å². The van der Waals surface area contributed by atoms with Crippen LogP contribution in [-0.4, -0.2) is 20.0 Å². The van der Waals surface area contributed by atoms with E-state index in [2.05, 4.69) is 29.1 Å². The Balaban J connectivity index is 2.10. The van der Waals surface area contributed by atoms with Crippen LogP contribution in [0.1, 0.15) is 44.0 Å². The molecule has 0 bridgehead atoms. The van der Waals surface area contributed by atoms with Crippen molar-refractivity contribution in [2.24, 2.45) is 11.0 Å². The first-order valence-corrected chi connectivity index (χ1v) is 10.8. The van der Waals surface area contributed by atoms with E-state index < -0.39 is 15.9 Å². The van der Waals surface area contributed by atoms with Crippen molar-refractivity contribution in [2.45, 2.75) is 38.5 Å². The van der Waals surface area contributed by atoms with Crippen LogP contribution in [0.5, 0.6) is 0 Å². The maximum atomic E-state index is 12.6. The van der Waals surface area contributed by atoms with E-state index in [0.717, 1.165) is 18.6 Å². The summed E-state index contributed by atoms with van der Waals surface area (Å²) in [4.78, 5) is 12.3. The van der Waals surface area contributed by atoms with Gasteiger partial charge in [0.1, 0.15) is 0 Å². The SMILES string of the molecule is CC(CCC(C)C)=NNC(=O)c1cccc(S(=O)(=O)Nc2ccc(Cl)cc2)c1. The fourth-order valence-corrected chi connectivity index (χ4v) is 3.53. The van der Waals surface area contributed by atoms with E-state index in [9.17, 15) is 13.2 Å². The molecule has 0 aromatic heterocycles. The summed E-state index contributed by atoms with van der Waals surface area (Å²) >= 11 is 5.81. The van der Waals surface area contributed by atoms with Crippen molar-refractivity contribution in [1.82, 2.24) is 5.43 Å². The molecule has 0 aliphatic heterocycles. The molecular weight excluding hydrogens is 398 g/mol. The monoisotopic (exact) mass is 421 g/mol. The van der Waals surface area contributed by atoms with E-state index in [4.69, 9.17) is 11.6 Å². The zero-order chi connectivity index (χ0) is 20.7. The molecule has 2 aromatic rings. The molecule has 28 heavy (non-hydrogen) atoms. The molecule has 0 aliphatic carbocycles. The number of amides is 1. The molecule has 2 aromatic carbocycles. The van der Waals surface area contributed by atoms with Gasteiger partial charge in [0.2, 0.25) is 0 Å². The van der Waals surface area contributed by atoms with Crippen LogP contribution in [-0.2, 0) is 10.0 Å². The van der Waals surface area contributed by atoms with Crippen molar-refractivity contribution in [3.63, 3.8) is 0 Å². The molecule has 0 aliphatic rings. The zero-order valence-corrected chi connectivity index (χ0v) is 17.6. The van der Waals surface area contributed by atoms with Crippen LogP contribution in [0.2, 0.25) is 5.02 Å². The maximum Gasteiger partial charge on any atom is 0.271 e. The second-order valence-electron chi connectivity index (χ2n) is 6.86. The Morgan fingerprint density at radius 1 is 1.14 bits per heavy atom. The van der Waals surface area contributed by atoms with Gasteiger partial charge in [0.15, 0.2) is 0 Å². The number of carbonyl (C=O) groups excluding carboxylic acids is 1. The molecule has 0 radical (unpaired) electrons. The van der Waals surface area contributed by atoms with Crippen molar-refractivity contribution < 1.29 is 13.2 Å². The Kier molecular flexibility index (Phi) is 7.60. The molecule has 2 rings (SSSR count). The molecule has 2 N–H and O–H groups in total. The van der Waals surface area contributed by atoms with E-state index in [1.54, 1.807) is 24.3 Å². The molecule has 0 heterocycles. The second-order valence-corrected chi connectivity index (χ2v) is 8.98. The average Bonchev–Trinajstić information content (AvgIpc) is 2.66. The normalized spacial score (nSPS) is 12.1. The van der Waals surface area contributed by atoms with Gasteiger partial charge in [0.25, 0.3) is 15.9 Å². The Morgan fingerprint density at radius 3 is 2.46 bits per heavy atom. The predicted molar refractivity (Wildman–Crippen MR) is 113 cm³/mol. The number of nitrogens with zero attached hydrogens (tertiary/aromatic N) is 1. The molecule has 8 heteroatoms. The lowest BCUT2D eigenvalue weighted by Gasteiger charge is -2.09. The standard InChI is InChI=1S/C20H24ClN3O3S/c1-14(2)7-8-15(3)22-23-20(25)16-5-4-6-19(13-16)28(26,27)24-18-11-9-17(21)10-12-18/h4-6,9-14,24H,7-8H2,1-3H3,(H,23,25). The van der Waals surface area contributed by atoms with E-state index >= 15 is 0 Å². The molecule has 0 saturated carbocycles. The summed E-state index contributed by atoms with van der Waals surface area (Å²) in [5.74, 6) is 0.0864. The summed E-state index contributed by atoms with van der Waals surface area (Å²) in [5, 5.41) is 4.59. The number of hydrogen-bond acceptors (Lipinski definition) is 4. The number of benzene rings is 2. The van der Waals surface area contributed by atoms with E-state index in [1.165, 1.54) is 24.3 Å². The van der Waals surface area contributed by atoms with Gasteiger partial charge in [-0.3, -0.25) is 9.52 Å². The van der Waals surface area contributed by atoms with E-state index in [-0.39, 0.29) is 10.5 Å². The summed E-state index contributed by atoms with van der Waals surface area (Å²) < 4.78 is 27.6. The van der Waals surface area contributed by atoms with E-state index in [1.807, 2.05) is 6.92 Å². The largest absolute Gasteiger partial charge is 0.280 e. The molecule has 0 fully saturated rings. The number of rotatable bonds is 8. The number of sulfonamides is 1. The highest BCUT2D eigenvalue weighted by atomic mass is 35.5. The third kappa shape index (κ3) is 6.65. The first kappa shape index (κ1) is 21.9. The molecule has 0 unspecified atom stereocenters. The molecule has 1 amide bonds. The first-order chi connectivity index (χ1) is 13.2. The van der Waals surface area contributed by atoms with Crippen LogP contribution in [0.15, 0.2) is 58.5 Å². The Morgan fingerprint density at radius 2 is 1.82 bits per heavy atom. The third-order valence-electron chi connectivity index (χ3n) is 3.93. The molecule has 150 valence electrons. The lowest BCUT2D eigenvalue weighted by Crippen LogP contribution is -2.20. The van der Waals surface area contributed by atoms with Gasteiger partial charge in [-0.05, 0) is 68.1 Å².